The first-order valence-electron chi connectivity index (χ1n) is 9.32. The molecular formula is C22H20N6. The summed E-state index contributed by atoms with van der Waals surface area (Å²) in [6, 6.07) is 18.4. The van der Waals surface area contributed by atoms with Gasteiger partial charge in [-0.05, 0) is 42.3 Å². The van der Waals surface area contributed by atoms with Crippen LogP contribution >= 0.6 is 0 Å². The Hall–Kier alpha value is -3.80. The summed E-state index contributed by atoms with van der Waals surface area (Å²) in [5.74, 6) is 1.38. The fraction of sp³-hybridized carbons (Fsp3) is 0.0909. The largest absolute Gasteiger partial charge is 0.370 e. The average Bonchev–Trinajstić information content (AvgIpc) is 3.36. The van der Waals surface area contributed by atoms with Crippen molar-refractivity contribution in [2.45, 2.75) is 6.42 Å². The van der Waals surface area contributed by atoms with Crippen molar-refractivity contribution in [2.24, 2.45) is 0 Å². The van der Waals surface area contributed by atoms with Crippen LogP contribution in [0, 0.1) is 0 Å². The van der Waals surface area contributed by atoms with Crippen LogP contribution in [0.15, 0.2) is 73.2 Å². The van der Waals surface area contributed by atoms with Crippen molar-refractivity contribution >= 4 is 39.3 Å². The number of hydrogen-bond acceptors (Lipinski definition) is 4. The third kappa shape index (κ3) is 3.16. The van der Waals surface area contributed by atoms with Crippen LogP contribution in [0.2, 0.25) is 0 Å². The number of para-hydroxylation sites is 1. The van der Waals surface area contributed by atoms with Gasteiger partial charge >= 0.3 is 0 Å². The fourth-order valence-electron chi connectivity index (χ4n) is 3.50. The fourth-order valence-corrected chi connectivity index (χ4v) is 3.50. The molecule has 0 saturated carbocycles. The lowest BCUT2D eigenvalue weighted by Gasteiger charge is -2.09. The number of rotatable bonds is 6. The maximum absolute atomic E-state index is 4.59. The first-order chi connectivity index (χ1) is 13.9. The van der Waals surface area contributed by atoms with Gasteiger partial charge in [0.05, 0.1) is 5.69 Å². The van der Waals surface area contributed by atoms with Crippen molar-refractivity contribution in [1.29, 1.82) is 0 Å². The summed E-state index contributed by atoms with van der Waals surface area (Å²) >= 11 is 0. The molecule has 0 aliphatic rings. The number of nitrogens with zero attached hydrogens (tertiary/aromatic N) is 2. The summed E-state index contributed by atoms with van der Waals surface area (Å²) in [5.41, 5.74) is 4.53. The van der Waals surface area contributed by atoms with Crippen molar-refractivity contribution in [1.82, 2.24) is 19.9 Å². The maximum Gasteiger partial charge on any atom is 0.229 e. The summed E-state index contributed by atoms with van der Waals surface area (Å²) in [5, 5.41) is 9.10. The molecule has 4 N–H and O–H groups in total. The molecule has 28 heavy (non-hydrogen) atoms. The molecular weight excluding hydrogens is 348 g/mol. The molecule has 0 radical (unpaired) electrons. The van der Waals surface area contributed by atoms with Crippen LogP contribution in [0.3, 0.4) is 0 Å². The van der Waals surface area contributed by atoms with Gasteiger partial charge in [-0.2, -0.15) is 4.98 Å². The highest BCUT2D eigenvalue weighted by Crippen LogP contribution is 2.24. The van der Waals surface area contributed by atoms with Crippen LogP contribution in [-0.4, -0.2) is 26.5 Å². The van der Waals surface area contributed by atoms with Crippen LogP contribution in [0.4, 0.5) is 17.5 Å². The summed E-state index contributed by atoms with van der Waals surface area (Å²) < 4.78 is 0. The number of fused-ring (bicyclic) bond motifs is 2. The second-order valence-corrected chi connectivity index (χ2v) is 6.67. The Morgan fingerprint density at radius 3 is 2.75 bits per heavy atom. The standard InChI is InChI=1S/C22H20N6/c1-2-5-18-16(4-1)15(14-26-18)8-11-24-21-10-13-25-22(28-21)27-20-7-3-6-19-17(20)9-12-23-19/h1-7,9-10,12-14,23,26H,8,11H2,(H2,24,25,27,28). The molecule has 2 aromatic carbocycles. The molecule has 0 fully saturated rings. The molecule has 0 bridgehead atoms. The minimum absolute atomic E-state index is 0.575. The lowest BCUT2D eigenvalue weighted by molar-refractivity contribution is 1.01. The zero-order valence-electron chi connectivity index (χ0n) is 15.2. The quantitative estimate of drug-likeness (QED) is 0.346. The van der Waals surface area contributed by atoms with Crippen LogP contribution in [0.1, 0.15) is 5.56 Å². The number of aromatic amines is 2. The normalized spacial score (nSPS) is 11.1. The molecule has 0 saturated heterocycles. The Morgan fingerprint density at radius 2 is 1.75 bits per heavy atom. The molecule has 0 atom stereocenters. The van der Waals surface area contributed by atoms with E-state index in [4.69, 9.17) is 0 Å². The lowest BCUT2D eigenvalue weighted by Crippen LogP contribution is -2.07. The van der Waals surface area contributed by atoms with E-state index in [2.05, 4.69) is 55.0 Å². The smallest absolute Gasteiger partial charge is 0.229 e. The first-order valence-corrected chi connectivity index (χ1v) is 9.32. The molecule has 0 unspecified atom stereocenters. The predicted octanol–water partition coefficient (Wildman–Crippen LogP) is 4.84. The average molecular weight is 368 g/mol. The van der Waals surface area contributed by atoms with Crippen molar-refractivity contribution in [3.8, 4) is 0 Å². The zero-order valence-corrected chi connectivity index (χ0v) is 15.2. The van der Waals surface area contributed by atoms with Crippen molar-refractivity contribution in [2.75, 3.05) is 17.2 Å². The summed E-state index contributed by atoms with van der Waals surface area (Å²) in [6.07, 6.45) is 6.69. The van der Waals surface area contributed by atoms with Gasteiger partial charge in [-0.15, -0.1) is 0 Å². The molecule has 3 aromatic heterocycles. The van der Waals surface area contributed by atoms with E-state index >= 15 is 0 Å². The molecule has 6 heteroatoms. The Kier molecular flexibility index (Phi) is 4.14. The van der Waals surface area contributed by atoms with E-state index in [0.717, 1.165) is 35.4 Å². The highest BCUT2D eigenvalue weighted by Gasteiger charge is 2.06. The monoisotopic (exact) mass is 368 g/mol. The molecule has 0 amide bonds. The van der Waals surface area contributed by atoms with Gasteiger partial charge in [0.15, 0.2) is 0 Å². The molecule has 138 valence electrons. The molecule has 0 spiro atoms. The molecule has 5 rings (SSSR count). The van der Waals surface area contributed by atoms with Crippen LogP contribution in [0.5, 0.6) is 0 Å². The summed E-state index contributed by atoms with van der Waals surface area (Å²) in [4.78, 5) is 15.5. The minimum atomic E-state index is 0.575. The van der Waals surface area contributed by atoms with E-state index in [1.165, 1.54) is 16.5 Å². The number of aromatic nitrogens is 4. The second-order valence-electron chi connectivity index (χ2n) is 6.67. The van der Waals surface area contributed by atoms with Crippen LogP contribution in [-0.2, 0) is 6.42 Å². The third-order valence-corrected chi connectivity index (χ3v) is 4.87. The van der Waals surface area contributed by atoms with Gasteiger partial charge in [0.25, 0.3) is 0 Å². The van der Waals surface area contributed by atoms with Crippen molar-refractivity contribution in [3.05, 3.63) is 78.8 Å². The number of benzene rings is 2. The lowest BCUT2D eigenvalue weighted by atomic mass is 10.1. The van der Waals surface area contributed by atoms with Gasteiger partial charge in [0.2, 0.25) is 5.95 Å². The van der Waals surface area contributed by atoms with E-state index in [1.807, 2.05) is 42.6 Å². The van der Waals surface area contributed by atoms with E-state index in [1.54, 1.807) is 6.20 Å². The Labute approximate surface area is 162 Å². The Bertz CT molecular complexity index is 1240. The van der Waals surface area contributed by atoms with Gasteiger partial charge < -0.3 is 20.6 Å². The highest BCUT2D eigenvalue weighted by molar-refractivity contribution is 5.93. The summed E-state index contributed by atoms with van der Waals surface area (Å²) in [6.45, 7) is 0.797. The topological polar surface area (TPSA) is 81.4 Å². The summed E-state index contributed by atoms with van der Waals surface area (Å²) in [7, 11) is 0. The number of H-pyrrole nitrogens is 2. The van der Waals surface area contributed by atoms with Crippen molar-refractivity contribution < 1.29 is 0 Å². The SMILES string of the molecule is c1ccc2c(CCNc3ccnc(Nc4cccc5[nH]ccc45)n3)c[nH]c2c1. The van der Waals surface area contributed by atoms with E-state index < -0.39 is 0 Å². The third-order valence-electron chi connectivity index (χ3n) is 4.87. The number of hydrogen-bond donors (Lipinski definition) is 4. The highest BCUT2D eigenvalue weighted by atomic mass is 15.1. The van der Waals surface area contributed by atoms with E-state index in [0.29, 0.717) is 5.95 Å². The van der Waals surface area contributed by atoms with E-state index in [9.17, 15) is 0 Å². The Balaban J connectivity index is 1.27. The number of nitrogens with one attached hydrogen (secondary N) is 4. The minimum Gasteiger partial charge on any atom is -0.370 e. The molecule has 0 aliphatic heterocycles. The van der Waals surface area contributed by atoms with Crippen LogP contribution < -0.4 is 10.6 Å². The Morgan fingerprint density at radius 1 is 0.857 bits per heavy atom. The second kappa shape index (κ2) is 7.08. The van der Waals surface area contributed by atoms with Gasteiger partial charge in [-0.25, -0.2) is 4.98 Å². The molecule has 0 aliphatic carbocycles. The molecule has 5 aromatic rings. The van der Waals surface area contributed by atoms with Gasteiger partial charge in [-0.3, -0.25) is 0 Å². The zero-order chi connectivity index (χ0) is 18.8. The maximum atomic E-state index is 4.59. The first kappa shape index (κ1) is 16.4. The van der Waals surface area contributed by atoms with Gasteiger partial charge in [0.1, 0.15) is 5.82 Å². The molecule has 3 heterocycles. The van der Waals surface area contributed by atoms with Gasteiger partial charge in [0, 0.05) is 46.9 Å². The van der Waals surface area contributed by atoms with Crippen LogP contribution in [0.25, 0.3) is 21.8 Å². The van der Waals surface area contributed by atoms with Crippen molar-refractivity contribution in [3.63, 3.8) is 0 Å². The molecule has 6 nitrogen and oxygen atoms in total. The van der Waals surface area contributed by atoms with E-state index in [-0.39, 0.29) is 0 Å². The predicted molar refractivity (Wildman–Crippen MR) is 114 cm³/mol. The van der Waals surface area contributed by atoms with Gasteiger partial charge in [-0.1, -0.05) is 24.3 Å². The number of anilines is 3.